The highest BCUT2D eigenvalue weighted by Crippen LogP contribution is 2.28. The molecule has 0 saturated carbocycles. The first-order valence-electron chi connectivity index (χ1n) is 8.01. The molecule has 0 fully saturated rings. The van der Waals surface area contributed by atoms with Gasteiger partial charge in [0.1, 0.15) is 0 Å². The zero-order valence-corrected chi connectivity index (χ0v) is 14.9. The summed E-state index contributed by atoms with van der Waals surface area (Å²) in [7, 11) is -1.31. The number of carbonyl (C=O) groups excluding carboxylic acids is 2. The van der Waals surface area contributed by atoms with E-state index in [0.29, 0.717) is 11.4 Å². The van der Waals surface area contributed by atoms with E-state index >= 15 is 0 Å². The fraction of sp³-hybridized carbons (Fsp3) is 0.263. The molecule has 130 valence electrons. The van der Waals surface area contributed by atoms with Crippen LogP contribution in [0.15, 0.2) is 53.4 Å². The van der Waals surface area contributed by atoms with Gasteiger partial charge in [0, 0.05) is 18.5 Å². The van der Waals surface area contributed by atoms with Crippen LogP contribution in [0.4, 0.5) is 5.69 Å². The molecule has 2 atom stereocenters. The Morgan fingerprint density at radius 1 is 1.12 bits per heavy atom. The molecule has 2 aromatic carbocycles. The highest BCUT2D eigenvalue weighted by Gasteiger charge is 2.30. The monoisotopic (exact) mass is 357 g/mol. The second-order valence-corrected chi connectivity index (χ2v) is 7.21. The summed E-state index contributed by atoms with van der Waals surface area (Å²) in [6.45, 7) is 2.14. The van der Waals surface area contributed by atoms with Crippen LogP contribution < -0.4 is 4.90 Å². The molecule has 3 rings (SSSR count). The summed E-state index contributed by atoms with van der Waals surface area (Å²) < 4.78 is 17.1. The molecule has 25 heavy (non-hydrogen) atoms. The molecule has 0 unspecified atom stereocenters. The van der Waals surface area contributed by atoms with Crippen LogP contribution in [0, 0.1) is 0 Å². The largest absolute Gasteiger partial charge is 0.449 e. The highest BCUT2D eigenvalue weighted by molar-refractivity contribution is 7.84. The van der Waals surface area contributed by atoms with Crippen LogP contribution in [0.2, 0.25) is 0 Å². The van der Waals surface area contributed by atoms with Gasteiger partial charge in [-0.25, -0.2) is 4.79 Å². The first-order chi connectivity index (χ1) is 12.0. The van der Waals surface area contributed by atoms with Crippen molar-refractivity contribution in [3.8, 4) is 0 Å². The number of hydrogen-bond donors (Lipinski definition) is 0. The van der Waals surface area contributed by atoms with Crippen molar-refractivity contribution in [3.63, 3.8) is 0 Å². The van der Waals surface area contributed by atoms with Gasteiger partial charge in [0.2, 0.25) is 0 Å². The topological polar surface area (TPSA) is 63.7 Å². The Morgan fingerprint density at radius 2 is 1.80 bits per heavy atom. The van der Waals surface area contributed by atoms with E-state index in [9.17, 15) is 13.8 Å². The minimum atomic E-state index is -1.31. The molecule has 2 aromatic rings. The molecular weight excluding hydrogens is 338 g/mol. The van der Waals surface area contributed by atoms with Crippen LogP contribution in [-0.2, 0) is 26.8 Å². The van der Waals surface area contributed by atoms with E-state index in [4.69, 9.17) is 4.74 Å². The predicted molar refractivity (Wildman–Crippen MR) is 96.2 cm³/mol. The van der Waals surface area contributed by atoms with Gasteiger partial charge in [0.25, 0.3) is 5.91 Å². The van der Waals surface area contributed by atoms with Crippen LogP contribution in [0.25, 0.3) is 0 Å². The minimum absolute atomic E-state index is 0.227. The van der Waals surface area contributed by atoms with Crippen molar-refractivity contribution in [1.29, 1.82) is 0 Å². The number of para-hydroxylation sites is 1. The lowest BCUT2D eigenvalue weighted by atomic mass is 10.2. The van der Waals surface area contributed by atoms with Gasteiger partial charge in [-0.3, -0.25) is 9.00 Å². The van der Waals surface area contributed by atoms with Crippen molar-refractivity contribution in [2.45, 2.75) is 24.3 Å². The number of amides is 1. The third kappa shape index (κ3) is 3.49. The lowest BCUT2D eigenvalue weighted by molar-refractivity contribution is -0.126. The van der Waals surface area contributed by atoms with Crippen LogP contribution in [-0.4, -0.2) is 35.0 Å². The first-order valence-corrected chi connectivity index (χ1v) is 9.57. The van der Waals surface area contributed by atoms with Crippen molar-refractivity contribution in [1.82, 2.24) is 0 Å². The van der Waals surface area contributed by atoms with E-state index in [0.717, 1.165) is 17.7 Å². The fourth-order valence-electron chi connectivity index (χ4n) is 2.95. The number of hydrogen-bond acceptors (Lipinski definition) is 4. The number of ether oxygens (including phenoxy) is 1. The number of nitrogens with zero attached hydrogens (tertiary/aromatic N) is 1. The molecule has 0 saturated heterocycles. The first kappa shape index (κ1) is 17.4. The summed E-state index contributed by atoms with van der Waals surface area (Å²) >= 11 is 0. The van der Waals surface area contributed by atoms with Crippen molar-refractivity contribution < 1.29 is 18.5 Å². The summed E-state index contributed by atoms with van der Waals surface area (Å²) in [4.78, 5) is 27.2. The minimum Gasteiger partial charge on any atom is -0.449 e. The SMILES string of the molecule is C[C@@H](OC(=O)c1ccccc1[S@](C)=O)C(=O)N1CCc2ccccc21. The molecule has 0 bridgehead atoms. The molecule has 6 heteroatoms. The Labute approximate surface area is 149 Å². The Hall–Kier alpha value is -2.47. The maximum absolute atomic E-state index is 12.7. The average molecular weight is 357 g/mol. The molecule has 1 aliphatic heterocycles. The van der Waals surface area contributed by atoms with Gasteiger partial charge in [0.15, 0.2) is 6.10 Å². The maximum atomic E-state index is 12.7. The van der Waals surface area contributed by atoms with Gasteiger partial charge in [-0.05, 0) is 37.1 Å². The van der Waals surface area contributed by atoms with E-state index in [1.165, 1.54) is 6.26 Å². The number of rotatable bonds is 4. The number of fused-ring (bicyclic) bond motifs is 1. The number of benzene rings is 2. The predicted octanol–water partition coefficient (Wildman–Crippen LogP) is 2.56. The quantitative estimate of drug-likeness (QED) is 0.789. The van der Waals surface area contributed by atoms with E-state index in [1.807, 2.05) is 24.3 Å². The Morgan fingerprint density at radius 3 is 2.56 bits per heavy atom. The van der Waals surface area contributed by atoms with Crippen LogP contribution >= 0.6 is 0 Å². The third-order valence-corrected chi connectivity index (χ3v) is 5.18. The van der Waals surface area contributed by atoms with Gasteiger partial charge >= 0.3 is 5.97 Å². The van der Waals surface area contributed by atoms with Gasteiger partial charge in [-0.1, -0.05) is 30.3 Å². The smallest absolute Gasteiger partial charge is 0.340 e. The number of anilines is 1. The van der Waals surface area contributed by atoms with Crippen molar-refractivity contribution in [3.05, 3.63) is 59.7 Å². The second-order valence-electron chi connectivity index (χ2n) is 5.87. The molecule has 1 amide bonds. The summed E-state index contributed by atoms with van der Waals surface area (Å²) in [6, 6.07) is 14.3. The van der Waals surface area contributed by atoms with Crippen molar-refractivity contribution in [2.75, 3.05) is 17.7 Å². The average Bonchev–Trinajstić information content (AvgIpc) is 3.05. The number of carbonyl (C=O) groups is 2. The Balaban J connectivity index is 1.75. The van der Waals surface area contributed by atoms with E-state index in [2.05, 4.69) is 0 Å². The summed E-state index contributed by atoms with van der Waals surface area (Å²) in [5, 5.41) is 0. The van der Waals surface area contributed by atoms with Crippen molar-refractivity contribution >= 4 is 28.4 Å². The second kappa shape index (κ2) is 7.19. The zero-order valence-electron chi connectivity index (χ0n) is 14.1. The van der Waals surface area contributed by atoms with Gasteiger partial charge in [-0.2, -0.15) is 0 Å². The molecule has 0 N–H and O–H groups in total. The van der Waals surface area contributed by atoms with E-state index < -0.39 is 22.9 Å². The summed E-state index contributed by atoms with van der Waals surface area (Å²) in [5.41, 5.74) is 2.20. The lowest BCUT2D eigenvalue weighted by Gasteiger charge is -2.22. The van der Waals surface area contributed by atoms with Gasteiger partial charge < -0.3 is 9.64 Å². The highest BCUT2D eigenvalue weighted by atomic mass is 32.2. The summed E-state index contributed by atoms with van der Waals surface area (Å²) in [6.07, 6.45) is 1.37. The summed E-state index contributed by atoms with van der Waals surface area (Å²) in [5.74, 6) is -0.896. The van der Waals surface area contributed by atoms with Gasteiger partial charge in [-0.15, -0.1) is 0 Å². The molecule has 0 radical (unpaired) electrons. The maximum Gasteiger partial charge on any atom is 0.340 e. The van der Waals surface area contributed by atoms with Crippen molar-refractivity contribution in [2.24, 2.45) is 0 Å². The molecule has 1 heterocycles. The Bertz CT molecular complexity index is 849. The third-order valence-electron chi connectivity index (χ3n) is 4.20. The fourth-order valence-corrected chi connectivity index (χ4v) is 3.68. The standard InChI is InChI=1S/C19H19NO4S/c1-13(18(21)20-12-11-14-7-3-5-9-16(14)20)24-19(22)15-8-4-6-10-17(15)25(2)23/h3-10,13H,11-12H2,1-2H3/t13-,25+/m1/s1. The molecule has 0 spiro atoms. The van der Waals surface area contributed by atoms with Gasteiger partial charge in [0.05, 0.1) is 21.3 Å². The van der Waals surface area contributed by atoms with Crippen LogP contribution in [0.5, 0.6) is 0 Å². The molecule has 1 aliphatic rings. The molecule has 0 aromatic heterocycles. The number of esters is 1. The normalized spacial score (nSPS) is 15.4. The van der Waals surface area contributed by atoms with E-state index in [1.54, 1.807) is 36.1 Å². The van der Waals surface area contributed by atoms with Crippen LogP contribution in [0.1, 0.15) is 22.8 Å². The van der Waals surface area contributed by atoms with Crippen LogP contribution in [0.3, 0.4) is 0 Å². The molecular formula is C19H19NO4S. The molecule has 5 nitrogen and oxygen atoms in total. The van der Waals surface area contributed by atoms with E-state index in [-0.39, 0.29) is 11.5 Å². The Kier molecular flexibility index (Phi) is 4.99. The molecule has 0 aliphatic carbocycles. The zero-order chi connectivity index (χ0) is 18.0. The lowest BCUT2D eigenvalue weighted by Crippen LogP contribution is -2.39.